The number of amides is 2. The summed E-state index contributed by atoms with van der Waals surface area (Å²) in [6.07, 6.45) is 4.10. The molecule has 6 nitrogen and oxygen atoms in total. The van der Waals surface area contributed by atoms with E-state index in [0.717, 1.165) is 24.3 Å². The number of nitrogens with zero attached hydrogens (tertiary/aromatic N) is 2. The number of benzene rings is 1. The van der Waals surface area contributed by atoms with E-state index >= 15 is 0 Å². The number of hydrogen-bond acceptors (Lipinski definition) is 4. The van der Waals surface area contributed by atoms with E-state index in [2.05, 4.69) is 38.9 Å². The third kappa shape index (κ3) is 5.94. The maximum absolute atomic E-state index is 12.9. The summed E-state index contributed by atoms with van der Waals surface area (Å²) < 4.78 is 7.36. The van der Waals surface area contributed by atoms with Crippen LogP contribution in [-0.4, -0.2) is 23.0 Å². The molecule has 0 fully saturated rings. The van der Waals surface area contributed by atoms with E-state index in [0.29, 0.717) is 9.82 Å². The van der Waals surface area contributed by atoms with Crippen molar-refractivity contribution in [1.82, 2.24) is 4.57 Å². The Morgan fingerprint density at radius 1 is 1.32 bits per heavy atom. The topological polar surface area (TPSA) is 86.7 Å². The minimum Gasteiger partial charge on any atom is -0.483 e. The molecule has 28 heavy (non-hydrogen) atoms. The van der Waals surface area contributed by atoms with Crippen LogP contribution in [0.25, 0.3) is 0 Å². The maximum Gasteiger partial charge on any atom is 0.283 e. The number of unbranched alkanes of at least 4 members (excludes halogenated alkanes) is 1. The van der Waals surface area contributed by atoms with Gasteiger partial charge in [0.2, 0.25) is 0 Å². The highest BCUT2D eigenvalue weighted by atomic mass is 35.5. The summed E-state index contributed by atoms with van der Waals surface area (Å²) in [5.74, 6) is -0.880. The van der Waals surface area contributed by atoms with Gasteiger partial charge in [-0.2, -0.15) is 4.99 Å². The van der Waals surface area contributed by atoms with Crippen LogP contribution >= 0.6 is 22.9 Å². The van der Waals surface area contributed by atoms with Crippen molar-refractivity contribution in [3.8, 4) is 5.75 Å². The van der Waals surface area contributed by atoms with Gasteiger partial charge in [-0.25, -0.2) is 0 Å². The van der Waals surface area contributed by atoms with E-state index in [1.165, 1.54) is 23.5 Å². The molecule has 0 saturated heterocycles. The third-order valence-electron chi connectivity index (χ3n) is 3.95. The van der Waals surface area contributed by atoms with Crippen LogP contribution in [0.2, 0.25) is 5.02 Å². The molecule has 0 atom stereocenters. The Morgan fingerprint density at radius 2 is 2.04 bits per heavy atom. The van der Waals surface area contributed by atoms with Gasteiger partial charge >= 0.3 is 0 Å². The van der Waals surface area contributed by atoms with Gasteiger partial charge < -0.3 is 15.0 Å². The van der Waals surface area contributed by atoms with Crippen LogP contribution in [-0.2, 0) is 16.8 Å². The lowest BCUT2D eigenvalue weighted by Gasteiger charge is -2.14. The molecule has 2 amide bonds. The van der Waals surface area contributed by atoms with E-state index in [-0.39, 0.29) is 23.3 Å². The van der Waals surface area contributed by atoms with Crippen LogP contribution in [0.5, 0.6) is 5.75 Å². The molecule has 0 aliphatic carbocycles. The number of primary amides is 1. The lowest BCUT2D eigenvalue weighted by molar-refractivity contribution is -0.119. The van der Waals surface area contributed by atoms with Crippen LogP contribution in [0, 0.1) is 0 Å². The monoisotopic (exact) mass is 423 g/mol. The van der Waals surface area contributed by atoms with Crippen molar-refractivity contribution in [2.45, 2.75) is 52.5 Å². The number of thiazole rings is 1. The fourth-order valence-corrected chi connectivity index (χ4v) is 3.64. The molecule has 1 aromatic carbocycles. The summed E-state index contributed by atoms with van der Waals surface area (Å²) >= 11 is 7.54. The number of carbonyl (C=O) groups is 2. The molecule has 1 heterocycles. The fraction of sp³-hybridized carbons (Fsp3) is 0.450. The zero-order valence-corrected chi connectivity index (χ0v) is 18.2. The van der Waals surface area contributed by atoms with Crippen LogP contribution < -0.4 is 15.3 Å². The van der Waals surface area contributed by atoms with Gasteiger partial charge in [-0.3, -0.25) is 9.59 Å². The number of carbonyl (C=O) groups excluding carboxylic acids is 2. The van der Waals surface area contributed by atoms with E-state index in [4.69, 9.17) is 22.1 Å². The fourth-order valence-electron chi connectivity index (χ4n) is 2.39. The number of ether oxygens (including phenoxy) is 1. The van der Waals surface area contributed by atoms with Crippen molar-refractivity contribution < 1.29 is 14.3 Å². The third-order valence-corrected chi connectivity index (χ3v) is 5.63. The number of rotatable bonds is 7. The average Bonchev–Trinajstić information content (AvgIpc) is 3.01. The van der Waals surface area contributed by atoms with Crippen molar-refractivity contribution in [3.63, 3.8) is 0 Å². The summed E-state index contributed by atoms with van der Waals surface area (Å²) in [6.45, 7) is 8.96. The highest BCUT2D eigenvalue weighted by Crippen LogP contribution is 2.26. The highest BCUT2D eigenvalue weighted by Gasteiger charge is 2.19. The van der Waals surface area contributed by atoms with Gasteiger partial charge in [0.15, 0.2) is 11.4 Å². The molecule has 0 bridgehead atoms. The predicted octanol–water partition coefficient (Wildman–Crippen LogP) is 3.91. The molecule has 0 aliphatic rings. The second kappa shape index (κ2) is 9.39. The first-order valence-corrected chi connectivity index (χ1v) is 10.3. The van der Waals surface area contributed by atoms with Crippen molar-refractivity contribution in [3.05, 3.63) is 44.7 Å². The van der Waals surface area contributed by atoms with Gasteiger partial charge in [0, 0.05) is 22.6 Å². The molecule has 2 aromatic rings. The standard InChI is InChI=1S/C20H26ClN3O3S/c1-5-6-9-24-11-16(20(2,3)4)28-19(24)23-18(26)14-10-13(21)7-8-15(14)27-12-17(22)25/h7-8,10-11H,5-6,9,12H2,1-4H3,(H2,22,25)/b23-19-. The summed E-state index contributed by atoms with van der Waals surface area (Å²) in [7, 11) is 0. The van der Waals surface area contributed by atoms with Crippen LogP contribution in [0.1, 0.15) is 55.8 Å². The Morgan fingerprint density at radius 3 is 2.64 bits per heavy atom. The Hall–Kier alpha value is -2.12. The van der Waals surface area contributed by atoms with E-state index in [1.807, 2.05) is 4.57 Å². The second-order valence-corrected chi connectivity index (χ2v) is 8.93. The molecule has 2 N–H and O–H groups in total. The van der Waals surface area contributed by atoms with Crippen LogP contribution in [0.4, 0.5) is 0 Å². The zero-order chi connectivity index (χ0) is 20.9. The van der Waals surface area contributed by atoms with E-state index in [9.17, 15) is 9.59 Å². The molecule has 0 saturated carbocycles. The van der Waals surface area contributed by atoms with Gasteiger partial charge in [-0.1, -0.05) is 45.7 Å². The van der Waals surface area contributed by atoms with Gasteiger partial charge in [-0.05, 0) is 30.0 Å². The Labute approximate surface area is 174 Å². The van der Waals surface area contributed by atoms with E-state index < -0.39 is 11.8 Å². The van der Waals surface area contributed by atoms with Crippen molar-refractivity contribution in [2.24, 2.45) is 10.7 Å². The first-order chi connectivity index (χ1) is 13.1. The molecule has 8 heteroatoms. The summed E-state index contributed by atoms with van der Waals surface area (Å²) in [5, 5.41) is 0.380. The normalized spacial score (nSPS) is 12.2. The maximum atomic E-state index is 12.9. The molecule has 0 spiro atoms. The summed E-state index contributed by atoms with van der Waals surface area (Å²) in [4.78, 5) is 30.0. The first-order valence-electron chi connectivity index (χ1n) is 9.12. The van der Waals surface area contributed by atoms with Crippen LogP contribution in [0.15, 0.2) is 29.4 Å². The predicted molar refractivity (Wildman–Crippen MR) is 112 cm³/mol. The molecular formula is C20H26ClN3O3S. The molecule has 2 rings (SSSR count). The molecule has 152 valence electrons. The molecule has 0 unspecified atom stereocenters. The Kier molecular flexibility index (Phi) is 7.43. The van der Waals surface area contributed by atoms with Crippen molar-refractivity contribution >= 4 is 34.8 Å². The highest BCUT2D eigenvalue weighted by molar-refractivity contribution is 7.09. The number of aryl methyl sites for hydroxylation is 1. The SMILES string of the molecule is CCCCn1cc(C(C)(C)C)s/c1=N\C(=O)c1cc(Cl)ccc1OCC(N)=O. The van der Waals surface area contributed by atoms with Crippen molar-refractivity contribution in [1.29, 1.82) is 0 Å². The Balaban J connectivity index is 2.47. The lowest BCUT2D eigenvalue weighted by Crippen LogP contribution is -2.21. The Bertz CT molecular complexity index is 926. The first kappa shape index (κ1) is 22.2. The number of aromatic nitrogens is 1. The smallest absolute Gasteiger partial charge is 0.283 e. The molecule has 0 radical (unpaired) electrons. The molecule has 1 aromatic heterocycles. The largest absolute Gasteiger partial charge is 0.483 e. The minimum atomic E-state index is -0.629. The summed E-state index contributed by atoms with van der Waals surface area (Å²) in [5.41, 5.74) is 5.29. The second-order valence-electron chi connectivity index (χ2n) is 7.49. The molecule has 0 aliphatic heterocycles. The minimum absolute atomic E-state index is 0.0404. The van der Waals surface area contributed by atoms with Gasteiger partial charge in [0.25, 0.3) is 11.8 Å². The zero-order valence-electron chi connectivity index (χ0n) is 16.6. The quantitative estimate of drug-likeness (QED) is 0.732. The molecular weight excluding hydrogens is 398 g/mol. The van der Waals surface area contributed by atoms with Gasteiger partial charge in [0.1, 0.15) is 5.75 Å². The number of halogens is 1. The average molecular weight is 424 g/mol. The van der Waals surface area contributed by atoms with Crippen LogP contribution in [0.3, 0.4) is 0 Å². The van der Waals surface area contributed by atoms with E-state index in [1.54, 1.807) is 6.07 Å². The van der Waals surface area contributed by atoms with Crippen molar-refractivity contribution in [2.75, 3.05) is 6.61 Å². The lowest BCUT2D eigenvalue weighted by atomic mass is 9.95. The number of hydrogen-bond donors (Lipinski definition) is 1. The van der Waals surface area contributed by atoms with Gasteiger partial charge in [-0.15, -0.1) is 11.3 Å². The van der Waals surface area contributed by atoms with Gasteiger partial charge in [0.05, 0.1) is 5.56 Å². The number of nitrogens with two attached hydrogens (primary N) is 1. The summed E-state index contributed by atoms with van der Waals surface area (Å²) in [6, 6.07) is 4.60.